The zero-order chi connectivity index (χ0) is 24.1. The van der Waals surface area contributed by atoms with Crippen LogP contribution in [0.3, 0.4) is 0 Å². The summed E-state index contributed by atoms with van der Waals surface area (Å²) < 4.78 is 27.1. The third kappa shape index (κ3) is 5.46. The maximum atomic E-state index is 12.7. The molecule has 2 aromatic heterocycles. The van der Waals surface area contributed by atoms with Crippen LogP contribution in [0.5, 0.6) is 0 Å². The molecule has 4 rings (SSSR count). The molecule has 0 saturated heterocycles. The molecule has 0 aliphatic heterocycles. The van der Waals surface area contributed by atoms with Crippen molar-refractivity contribution in [3.63, 3.8) is 0 Å². The molecule has 0 spiro atoms. The monoisotopic (exact) mass is 499 g/mol. The molecule has 0 unspecified atom stereocenters. The molecule has 0 aliphatic rings. The molecule has 4 aromatic rings. The Morgan fingerprint density at radius 3 is 2.41 bits per heavy atom. The van der Waals surface area contributed by atoms with E-state index in [1.54, 1.807) is 47.3 Å². The number of aromatic nitrogens is 4. The van der Waals surface area contributed by atoms with Gasteiger partial charge in [-0.3, -0.25) is 24.5 Å². The number of pyridine rings is 1. The third-order valence-electron chi connectivity index (χ3n) is 4.61. The number of Topliss-reactive ketones (excluding diaryl/α,β-unsaturated/α-hetero) is 1. The summed E-state index contributed by atoms with van der Waals surface area (Å²) in [5, 5.41) is 19.7. The summed E-state index contributed by atoms with van der Waals surface area (Å²) in [4.78, 5) is 27.4. The number of rotatable bonds is 9. The summed E-state index contributed by atoms with van der Waals surface area (Å²) in [6.07, 6.45) is 3.25. The average molecular weight is 500 g/mol. The first-order valence-electron chi connectivity index (χ1n) is 9.74. The number of nitro groups is 1. The molecule has 0 aliphatic carbocycles. The number of nitrogens with zero attached hydrogens (tertiary/aromatic N) is 5. The van der Waals surface area contributed by atoms with Crippen LogP contribution in [0.1, 0.15) is 10.4 Å². The molecule has 0 saturated carbocycles. The molecule has 0 radical (unpaired) electrons. The van der Waals surface area contributed by atoms with Crippen LogP contribution in [-0.2, 0) is 0 Å². The van der Waals surface area contributed by atoms with Crippen molar-refractivity contribution < 1.29 is 18.5 Å². The average Bonchev–Trinajstić information content (AvgIpc) is 3.27. The second-order valence-corrected chi connectivity index (χ2v) is 8.78. The minimum atomic E-state index is -2.52. The van der Waals surface area contributed by atoms with Crippen molar-refractivity contribution in [2.24, 2.45) is 0 Å². The molecular weight excluding hydrogens is 484 g/mol. The van der Waals surface area contributed by atoms with Gasteiger partial charge in [0.2, 0.25) is 0 Å². The van der Waals surface area contributed by atoms with E-state index >= 15 is 0 Å². The third-order valence-corrected chi connectivity index (χ3v) is 6.26. The van der Waals surface area contributed by atoms with E-state index in [-0.39, 0.29) is 17.2 Å². The van der Waals surface area contributed by atoms with Gasteiger partial charge < -0.3 is 0 Å². The number of halogens is 2. The lowest BCUT2D eigenvalue weighted by Gasteiger charge is -2.11. The lowest BCUT2D eigenvalue weighted by atomic mass is 10.1. The van der Waals surface area contributed by atoms with Gasteiger partial charge in [-0.15, -0.1) is 10.2 Å². The Morgan fingerprint density at radius 1 is 1.06 bits per heavy atom. The highest BCUT2D eigenvalue weighted by Gasteiger charge is 2.19. The summed E-state index contributed by atoms with van der Waals surface area (Å²) in [5.41, 5.74) is 1.56. The van der Waals surface area contributed by atoms with Crippen LogP contribution in [0.15, 0.2) is 83.1 Å². The Hall–Kier alpha value is -3.64. The number of thioether (sulfide) groups is 2. The highest BCUT2D eigenvalue weighted by molar-refractivity contribution is 8.00. The van der Waals surface area contributed by atoms with Crippen LogP contribution >= 0.6 is 23.5 Å². The molecule has 2 heterocycles. The van der Waals surface area contributed by atoms with Crippen molar-refractivity contribution in [2.45, 2.75) is 15.8 Å². The number of non-ortho nitro benzene ring substituents is 1. The maximum Gasteiger partial charge on any atom is 0.288 e. The predicted octanol–water partition coefficient (Wildman–Crippen LogP) is 5.53. The van der Waals surface area contributed by atoms with E-state index in [4.69, 9.17) is 0 Å². The first kappa shape index (κ1) is 23.5. The summed E-state index contributed by atoms with van der Waals surface area (Å²) in [6, 6.07) is 15.4. The number of carbonyl (C=O) groups excluding carboxylic acids is 1. The van der Waals surface area contributed by atoms with E-state index in [0.29, 0.717) is 44.5 Å². The quantitative estimate of drug-likeness (QED) is 0.128. The Bertz CT molecular complexity index is 1300. The molecule has 0 amide bonds. The van der Waals surface area contributed by atoms with E-state index in [0.717, 1.165) is 11.8 Å². The number of carbonyl (C=O) groups is 1. The van der Waals surface area contributed by atoms with Gasteiger partial charge in [0.05, 0.1) is 10.7 Å². The van der Waals surface area contributed by atoms with Crippen LogP contribution in [0.4, 0.5) is 14.5 Å². The molecule has 8 nitrogen and oxygen atoms in total. The molecule has 172 valence electrons. The van der Waals surface area contributed by atoms with Gasteiger partial charge >= 0.3 is 0 Å². The highest BCUT2D eigenvalue weighted by atomic mass is 32.2. The molecule has 0 fully saturated rings. The Morgan fingerprint density at radius 2 is 1.79 bits per heavy atom. The zero-order valence-electron chi connectivity index (χ0n) is 17.2. The minimum Gasteiger partial charge on any atom is -0.293 e. The lowest BCUT2D eigenvalue weighted by Crippen LogP contribution is -2.05. The topological polar surface area (TPSA) is 104 Å². The van der Waals surface area contributed by atoms with E-state index < -0.39 is 10.7 Å². The Balaban J connectivity index is 1.61. The van der Waals surface area contributed by atoms with Gasteiger partial charge in [0.15, 0.2) is 16.8 Å². The molecule has 0 atom stereocenters. The summed E-state index contributed by atoms with van der Waals surface area (Å²) in [6.45, 7) is 0. The van der Waals surface area contributed by atoms with E-state index in [1.807, 2.05) is 6.07 Å². The van der Waals surface area contributed by atoms with Gasteiger partial charge in [0, 0.05) is 46.2 Å². The van der Waals surface area contributed by atoms with E-state index in [1.165, 1.54) is 24.3 Å². The second-order valence-electron chi connectivity index (χ2n) is 6.77. The van der Waals surface area contributed by atoms with Gasteiger partial charge in [0.25, 0.3) is 11.4 Å². The Labute approximate surface area is 200 Å². The number of nitro benzene ring substituents is 1. The fourth-order valence-corrected chi connectivity index (χ4v) is 4.38. The summed E-state index contributed by atoms with van der Waals surface area (Å²) in [5.74, 6) is -2.26. The van der Waals surface area contributed by atoms with Crippen LogP contribution in [0.2, 0.25) is 0 Å². The summed E-state index contributed by atoms with van der Waals surface area (Å²) in [7, 11) is 0. The van der Waals surface area contributed by atoms with Crippen LogP contribution in [0.25, 0.3) is 17.1 Å². The molecular formula is C22H15F2N5O3S2. The highest BCUT2D eigenvalue weighted by Crippen LogP contribution is 2.31. The van der Waals surface area contributed by atoms with Gasteiger partial charge in [-0.1, -0.05) is 23.5 Å². The van der Waals surface area contributed by atoms with Crippen molar-refractivity contribution in [3.05, 3.63) is 88.7 Å². The molecule has 0 bridgehead atoms. The van der Waals surface area contributed by atoms with Crippen molar-refractivity contribution in [3.8, 4) is 17.1 Å². The number of alkyl halides is 2. The van der Waals surface area contributed by atoms with Crippen LogP contribution in [-0.4, -0.2) is 42.0 Å². The predicted molar refractivity (Wildman–Crippen MR) is 125 cm³/mol. The standard InChI is InChI=1S/C22H15F2N5O3S2/c23-21(24)34-18-9-7-16(8-10-18)28-20(15-2-1-11-25-12-15)26-27-22(28)33-13-19(30)14-3-5-17(6-4-14)29(31)32/h1-12,21H,13H2. The van der Waals surface area contributed by atoms with Gasteiger partial charge in [-0.25, -0.2) is 0 Å². The number of ketones is 1. The molecule has 0 N–H and O–H groups in total. The number of benzene rings is 2. The fourth-order valence-electron chi connectivity index (χ4n) is 3.04. The molecule has 34 heavy (non-hydrogen) atoms. The van der Waals surface area contributed by atoms with Crippen molar-refractivity contribution >= 4 is 35.0 Å². The van der Waals surface area contributed by atoms with Crippen LogP contribution in [0, 0.1) is 10.1 Å². The molecule has 12 heteroatoms. The van der Waals surface area contributed by atoms with Gasteiger partial charge in [-0.05, 0) is 48.5 Å². The minimum absolute atomic E-state index is 0.0162. The van der Waals surface area contributed by atoms with Crippen LogP contribution < -0.4 is 0 Å². The van der Waals surface area contributed by atoms with Crippen molar-refractivity contribution in [1.82, 2.24) is 19.7 Å². The zero-order valence-corrected chi connectivity index (χ0v) is 18.9. The normalized spacial score (nSPS) is 11.0. The smallest absolute Gasteiger partial charge is 0.288 e. The van der Waals surface area contributed by atoms with E-state index in [2.05, 4.69) is 15.2 Å². The first-order chi connectivity index (χ1) is 16.4. The SMILES string of the molecule is O=C(CSc1nnc(-c2cccnc2)n1-c1ccc(SC(F)F)cc1)c1ccc([N+](=O)[O-])cc1. The van der Waals surface area contributed by atoms with Gasteiger partial charge in [0.1, 0.15) is 0 Å². The van der Waals surface area contributed by atoms with Gasteiger partial charge in [-0.2, -0.15) is 8.78 Å². The molecule has 2 aromatic carbocycles. The summed E-state index contributed by atoms with van der Waals surface area (Å²) >= 11 is 1.59. The number of hydrogen-bond acceptors (Lipinski definition) is 8. The second kappa shape index (κ2) is 10.5. The van der Waals surface area contributed by atoms with Crippen molar-refractivity contribution in [1.29, 1.82) is 0 Å². The first-order valence-corrected chi connectivity index (χ1v) is 11.6. The van der Waals surface area contributed by atoms with Crippen molar-refractivity contribution in [2.75, 3.05) is 5.75 Å². The lowest BCUT2D eigenvalue weighted by molar-refractivity contribution is -0.384. The largest absolute Gasteiger partial charge is 0.293 e. The maximum absolute atomic E-state index is 12.7. The van der Waals surface area contributed by atoms with E-state index in [9.17, 15) is 23.7 Å². The fraction of sp³-hybridized carbons (Fsp3) is 0.0909. The Kier molecular flexibility index (Phi) is 7.28. The number of hydrogen-bond donors (Lipinski definition) is 0.